The number of aromatic amines is 1. The summed E-state index contributed by atoms with van der Waals surface area (Å²) in [5, 5.41) is 9.11. The van der Waals surface area contributed by atoms with Gasteiger partial charge < -0.3 is 15.4 Å². The summed E-state index contributed by atoms with van der Waals surface area (Å²) in [7, 11) is 0. The van der Waals surface area contributed by atoms with E-state index in [0.717, 1.165) is 30.2 Å². The molecule has 0 spiro atoms. The molecule has 2 heterocycles. The Morgan fingerprint density at radius 1 is 1.63 bits per heavy atom. The quantitative estimate of drug-likeness (QED) is 0.663. The van der Waals surface area contributed by atoms with Gasteiger partial charge in [0, 0.05) is 0 Å². The van der Waals surface area contributed by atoms with Crippen molar-refractivity contribution in [1.82, 2.24) is 19.5 Å². The van der Waals surface area contributed by atoms with Crippen LogP contribution in [-0.4, -0.2) is 24.6 Å². The van der Waals surface area contributed by atoms with Crippen LogP contribution in [0.4, 0.5) is 5.95 Å². The van der Waals surface area contributed by atoms with E-state index in [1.165, 1.54) is 0 Å². The van der Waals surface area contributed by atoms with Crippen LogP contribution in [0.3, 0.4) is 0 Å². The van der Waals surface area contributed by atoms with Gasteiger partial charge in [0.15, 0.2) is 11.2 Å². The number of hydrogen-bond acceptors (Lipinski definition) is 5. The van der Waals surface area contributed by atoms with Gasteiger partial charge in [0.1, 0.15) is 0 Å². The van der Waals surface area contributed by atoms with Crippen LogP contribution >= 0.6 is 0 Å². The summed E-state index contributed by atoms with van der Waals surface area (Å²) in [6.45, 7) is 3.97. The fourth-order valence-corrected chi connectivity index (χ4v) is 2.47. The Hall–Kier alpha value is -2.57. The Balaban J connectivity index is 2.17. The molecular weight excluding hydrogens is 246 g/mol. The Kier molecular flexibility index (Phi) is 2.41. The molecular formula is C12H13N5O2. The SMILES string of the molecule is C=C1/C(=C/O)CCC1n1cnc2c(=O)[nH]c(N)nc21. The van der Waals surface area contributed by atoms with Crippen LogP contribution in [0.1, 0.15) is 18.9 Å². The van der Waals surface area contributed by atoms with Crippen molar-refractivity contribution in [2.24, 2.45) is 0 Å². The molecule has 0 aromatic carbocycles. The summed E-state index contributed by atoms with van der Waals surface area (Å²) in [5.74, 6) is 0.0563. The van der Waals surface area contributed by atoms with Gasteiger partial charge in [-0.2, -0.15) is 4.98 Å². The topological polar surface area (TPSA) is 110 Å². The number of allylic oxidation sites excluding steroid dienone is 2. The Morgan fingerprint density at radius 3 is 3.11 bits per heavy atom. The number of nitrogens with one attached hydrogen (secondary N) is 1. The second kappa shape index (κ2) is 3.98. The molecule has 0 bridgehead atoms. The Labute approximate surface area is 108 Å². The summed E-state index contributed by atoms with van der Waals surface area (Å²) >= 11 is 0. The first kappa shape index (κ1) is 11.5. The van der Waals surface area contributed by atoms with E-state index in [4.69, 9.17) is 10.8 Å². The molecule has 2 aromatic rings. The van der Waals surface area contributed by atoms with Gasteiger partial charge in [-0.1, -0.05) is 6.58 Å². The molecule has 1 aliphatic rings. The average Bonchev–Trinajstić information content (AvgIpc) is 2.92. The number of nitrogen functional groups attached to an aromatic ring is 1. The van der Waals surface area contributed by atoms with Crippen molar-refractivity contribution in [3.8, 4) is 0 Å². The highest BCUT2D eigenvalue weighted by Gasteiger charge is 2.27. The van der Waals surface area contributed by atoms with Crippen molar-refractivity contribution in [1.29, 1.82) is 0 Å². The van der Waals surface area contributed by atoms with E-state index in [1.54, 1.807) is 10.9 Å². The smallest absolute Gasteiger partial charge is 0.280 e. The van der Waals surface area contributed by atoms with Crippen LogP contribution < -0.4 is 11.3 Å². The van der Waals surface area contributed by atoms with Gasteiger partial charge in [-0.3, -0.25) is 9.78 Å². The standard InChI is InChI=1S/C12H13N5O2/c1-6-7(4-18)2-3-8(6)17-5-14-9-10(17)15-12(13)16-11(9)19/h4-5,8,18H,1-3H2,(H3,13,15,16,19)/b7-4+. The molecule has 19 heavy (non-hydrogen) atoms. The van der Waals surface area contributed by atoms with Crippen molar-refractivity contribution in [2.75, 3.05) is 5.73 Å². The molecule has 2 aromatic heterocycles. The number of H-pyrrole nitrogens is 1. The van der Waals surface area contributed by atoms with Crippen LogP contribution in [0.2, 0.25) is 0 Å². The maximum atomic E-state index is 11.7. The number of aliphatic hydroxyl groups excluding tert-OH is 1. The highest BCUT2D eigenvalue weighted by Crippen LogP contribution is 2.38. The number of imidazole rings is 1. The second-order valence-corrected chi connectivity index (χ2v) is 4.51. The van der Waals surface area contributed by atoms with E-state index in [9.17, 15) is 4.79 Å². The summed E-state index contributed by atoms with van der Waals surface area (Å²) in [5.41, 5.74) is 7.51. The minimum absolute atomic E-state index is 0.0563. The van der Waals surface area contributed by atoms with E-state index in [1.807, 2.05) is 0 Å². The predicted octanol–water partition coefficient (Wildman–Crippen LogP) is 1.03. The number of anilines is 1. The van der Waals surface area contributed by atoms with Gasteiger partial charge in [-0.05, 0) is 24.0 Å². The number of rotatable bonds is 1. The van der Waals surface area contributed by atoms with Gasteiger partial charge in [0.25, 0.3) is 5.56 Å². The average molecular weight is 259 g/mol. The van der Waals surface area contributed by atoms with Gasteiger partial charge in [0.05, 0.1) is 18.6 Å². The minimum atomic E-state index is -0.359. The van der Waals surface area contributed by atoms with Gasteiger partial charge in [-0.25, -0.2) is 4.98 Å². The zero-order valence-corrected chi connectivity index (χ0v) is 10.1. The van der Waals surface area contributed by atoms with E-state index in [2.05, 4.69) is 21.5 Å². The molecule has 7 nitrogen and oxygen atoms in total. The number of aliphatic hydroxyl groups is 1. The molecule has 98 valence electrons. The zero-order valence-electron chi connectivity index (χ0n) is 10.1. The van der Waals surface area contributed by atoms with Crippen LogP contribution in [0.25, 0.3) is 11.2 Å². The lowest BCUT2D eigenvalue weighted by Crippen LogP contribution is -2.13. The summed E-state index contributed by atoms with van der Waals surface area (Å²) < 4.78 is 1.78. The molecule has 1 fully saturated rings. The summed E-state index contributed by atoms with van der Waals surface area (Å²) in [6, 6.07) is -0.0582. The highest BCUT2D eigenvalue weighted by molar-refractivity contribution is 5.71. The van der Waals surface area contributed by atoms with Gasteiger partial charge in [0.2, 0.25) is 5.95 Å². The molecule has 4 N–H and O–H groups in total. The zero-order chi connectivity index (χ0) is 13.6. The van der Waals surface area contributed by atoms with Crippen LogP contribution in [0.15, 0.2) is 35.1 Å². The van der Waals surface area contributed by atoms with E-state index >= 15 is 0 Å². The van der Waals surface area contributed by atoms with Crippen LogP contribution in [0.5, 0.6) is 0 Å². The number of fused-ring (bicyclic) bond motifs is 1. The molecule has 0 amide bonds. The molecule has 0 radical (unpaired) electrons. The maximum Gasteiger partial charge on any atom is 0.280 e. The van der Waals surface area contributed by atoms with Crippen LogP contribution in [-0.2, 0) is 0 Å². The second-order valence-electron chi connectivity index (χ2n) is 4.51. The third kappa shape index (κ3) is 1.62. The summed E-state index contributed by atoms with van der Waals surface area (Å²) in [4.78, 5) is 22.3. The molecule has 7 heteroatoms. The molecule has 1 atom stereocenters. The van der Waals surface area contributed by atoms with Gasteiger partial charge >= 0.3 is 0 Å². The number of nitrogens with zero attached hydrogens (tertiary/aromatic N) is 3. The summed E-state index contributed by atoms with van der Waals surface area (Å²) in [6.07, 6.45) is 4.15. The van der Waals surface area contributed by atoms with Gasteiger partial charge in [-0.15, -0.1) is 0 Å². The number of hydrogen-bond donors (Lipinski definition) is 3. The number of aromatic nitrogens is 4. The lowest BCUT2D eigenvalue weighted by atomic mass is 10.1. The van der Waals surface area contributed by atoms with E-state index < -0.39 is 0 Å². The number of nitrogens with two attached hydrogens (primary N) is 1. The minimum Gasteiger partial charge on any atom is -0.515 e. The first-order valence-corrected chi connectivity index (χ1v) is 5.86. The lowest BCUT2D eigenvalue weighted by molar-refractivity contribution is 0.467. The molecule has 1 saturated carbocycles. The fourth-order valence-electron chi connectivity index (χ4n) is 2.47. The van der Waals surface area contributed by atoms with Crippen LogP contribution in [0, 0.1) is 0 Å². The highest BCUT2D eigenvalue weighted by atomic mass is 16.2. The molecule has 0 saturated heterocycles. The van der Waals surface area contributed by atoms with Crippen molar-refractivity contribution in [2.45, 2.75) is 18.9 Å². The van der Waals surface area contributed by atoms with Crippen molar-refractivity contribution in [3.63, 3.8) is 0 Å². The molecule has 0 aliphatic heterocycles. The first-order valence-electron chi connectivity index (χ1n) is 5.86. The maximum absolute atomic E-state index is 11.7. The Bertz CT molecular complexity index is 755. The first-order chi connectivity index (χ1) is 9.11. The van der Waals surface area contributed by atoms with E-state index in [0.29, 0.717) is 5.65 Å². The fraction of sp³-hybridized carbons (Fsp3) is 0.250. The lowest BCUT2D eigenvalue weighted by Gasteiger charge is -2.13. The predicted molar refractivity (Wildman–Crippen MR) is 70.7 cm³/mol. The van der Waals surface area contributed by atoms with Crippen molar-refractivity contribution < 1.29 is 5.11 Å². The molecule has 1 unspecified atom stereocenters. The third-order valence-corrected chi connectivity index (χ3v) is 3.44. The third-order valence-electron chi connectivity index (χ3n) is 3.44. The molecule has 3 rings (SSSR count). The van der Waals surface area contributed by atoms with Crippen molar-refractivity contribution >= 4 is 17.1 Å². The van der Waals surface area contributed by atoms with Crippen molar-refractivity contribution in [3.05, 3.63) is 40.7 Å². The normalized spacial score (nSPS) is 21.6. The van der Waals surface area contributed by atoms with E-state index in [-0.39, 0.29) is 23.1 Å². The molecule has 1 aliphatic carbocycles. The monoisotopic (exact) mass is 259 g/mol. The largest absolute Gasteiger partial charge is 0.515 e. The Morgan fingerprint density at radius 2 is 2.42 bits per heavy atom.